The standard InChI is InChI=1S/C17H11F2N3O4/c1-25-16(24)10-4-2-9(3-5-10)14(23)20-17-22-21-15(26-17)12-7-6-11(18)8-13(12)19/h2-8H,1H3,(H,20,22,23). The van der Waals surface area contributed by atoms with Crippen LogP contribution in [0.5, 0.6) is 0 Å². The van der Waals surface area contributed by atoms with Crippen LogP contribution in [0.3, 0.4) is 0 Å². The third-order valence-electron chi connectivity index (χ3n) is 3.38. The highest BCUT2D eigenvalue weighted by Gasteiger charge is 2.16. The van der Waals surface area contributed by atoms with E-state index in [9.17, 15) is 18.4 Å². The van der Waals surface area contributed by atoms with Crippen LogP contribution in [0.25, 0.3) is 11.5 Å². The van der Waals surface area contributed by atoms with Gasteiger partial charge in [-0.25, -0.2) is 13.6 Å². The zero-order valence-electron chi connectivity index (χ0n) is 13.3. The van der Waals surface area contributed by atoms with Crippen molar-refractivity contribution in [3.05, 3.63) is 65.2 Å². The average molecular weight is 359 g/mol. The zero-order chi connectivity index (χ0) is 18.7. The maximum Gasteiger partial charge on any atom is 0.337 e. The molecule has 132 valence electrons. The van der Waals surface area contributed by atoms with Crippen molar-refractivity contribution >= 4 is 17.9 Å². The van der Waals surface area contributed by atoms with E-state index in [2.05, 4.69) is 20.3 Å². The molecular weight excluding hydrogens is 348 g/mol. The van der Waals surface area contributed by atoms with Gasteiger partial charge in [0.05, 0.1) is 18.2 Å². The Morgan fingerprint density at radius 2 is 1.73 bits per heavy atom. The van der Waals surface area contributed by atoms with Gasteiger partial charge in [-0.1, -0.05) is 5.10 Å². The van der Waals surface area contributed by atoms with Gasteiger partial charge in [-0.3, -0.25) is 10.1 Å². The van der Waals surface area contributed by atoms with Crippen molar-refractivity contribution in [2.75, 3.05) is 12.4 Å². The first kappa shape index (κ1) is 17.2. The molecule has 0 spiro atoms. The highest BCUT2D eigenvalue weighted by molar-refractivity contribution is 6.03. The van der Waals surface area contributed by atoms with Gasteiger partial charge in [0.2, 0.25) is 0 Å². The van der Waals surface area contributed by atoms with E-state index in [4.69, 9.17) is 4.42 Å². The molecule has 7 nitrogen and oxygen atoms in total. The Balaban J connectivity index is 1.74. The summed E-state index contributed by atoms with van der Waals surface area (Å²) >= 11 is 0. The van der Waals surface area contributed by atoms with Crippen molar-refractivity contribution in [3.63, 3.8) is 0 Å². The molecule has 0 aliphatic carbocycles. The number of anilines is 1. The van der Waals surface area contributed by atoms with E-state index in [1.165, 1.54) is 31.4 Å². The summed E-state index contributed by atoms with van der Waals surface area (Å²) in [7, 11) is 1.25. The Labute approximate surface area is 145 Å². The number of rotatable bonds is 4. The monoisotopic (exact) mass is 359 g/mol. The fourth-order valence-corrected chi connectivity index (χ4v) is 2.09. The number of benzene rings is 2. The van der Waals surface area contributed by atoms with Crippen LogP contribution in [0.4, 0.5) is 14.8 Å². The second-order valence-electron chi connectivity index (χ2n) is 5.06. The summed E-state index contributed by atoms with van der Waals surface area (Å²) < 4.78 is 36.4. The predicted octanol–water partition coefficient (Wildman–Crippen LogP) is 3.05. The molecular formula is C17H11F2N3O4. The van der Waals surface area contributed by atoms with Crippen LogP contribution < -0.4 is 5.32 Å². The van der Waals surface area contributed by atoms with Gasteiger partial charge in [0, 0.05) is 11.6 Å². The van der Waals surface area contributed by atoms with Crippen molar-refractivity contribution in [3.8, 4) is 11.5 Å². The Morgan fingerprint density at radius 1 is 1.04 bits per heavy atom. The molecule has 0 saturated heterocycles. The Kier molecular flexibility index (Phi) is 4.70. The lowest BCUT2D eigenvalue weighted by atomic mass is 10.1. The van der Waals surface area contributed by atoms with Crippen LogP contribution in [0, 0.1) is 11.6 Å². The van der Waals surface area contributed by atoms with Crippen LogP contribution in [0.15, 0.2) is 46.9 Å². The second-order valence-corrected chi connectivity index (χ2v) is 5.06. The Bertz CT molecular complexity index is 970. The molecule has 26 heavy (non-hydrogen) atoms. The Hall–Kier alpha value is -3.62. The van der Waals surface area contributed by atoms with E-state index in [0.717, 1.165) is 12.1 Å². The number of nitrogens with one attached hydrogen (secondary N) is 1. The molecule has 1 amide bonds. The van der Waals surface area contributed by atoms with E-state index < -0.39 is 23.5 Å². The first-order valence-electron chi connectivity index (χ1n) is 7.26. The van der Waals surface area contributed by atoms with Crippen molar-refractivity contribution in [2.45, 2.75) is 0 Å². The molecule has 0 unspecified atom stereocenters. The topological polar surface area (TPSA) is 94.3 Å². The summed E-state index contributed by atoms with van der Waals surface area (Å²) in [6, 6.07) is 8.30. The number of carbonyl (C=O) groups is 2. The maximum atomic E-state index is 13.7. The third-order valence-corrected chi connectivity index (χ3v) is 3.38. The summed E-state index contributed by atoms with van der Waals surface area (Å²) in [4.78, 5) is 23.5. The molecule has 0 atom stereocenters. The van der Waals surface area contributed by atoms with Crippen LogP contribution >= 0.6 is 0 Å². The van der Waals surface area contributed by atoms with E-state index in [-0.39, 0.29) is 28.6 Å². The first-order valence-corrected chi connectivity index (χ1v) is 7.26. The molecule has 3 rings (SSSR count). The summed E-state index contributed by atoms with van der Waals surface area (Å²) in [6.45, 7) is 0. The summed E-state index contributed by atoms with van der Waals surface area (Å²) in [5.74, 6) is -2.92. The summed E-state index contributed by atoms with van der Waals surface area (Å²) in [5, 5.41) is 9.56. The van der Waals surface area contributed by atoms with Gasteiger partial charge in [-0.15, -0.1) is 5.10 Å². The van der Waals surface area contributed by atoms with Crippen LogP contribution in [-0.4, -0.2) is 29.2 Å². The number of hydrogen-bond acceptors (Lipinski definition) is 6. The lowest BCUT2D eigenvalue weighted by molar-refractivity contribution is 0.0600. The van der Waals surface area contributed by atoms with Crippen molar-refractivity contribution < 1.29 is 27.5 Å². The number of nitrogens with zero attached hydrogens (tertiary/aromatic N) is 2. The fraction of sp³-hybridized carbons (Fsp3) is 0.0588. The molecule has 0 saturated carbocycles. The van der Waals surface area contributed by atoms with Crippen LogP contribution in [-0.2, 0) is 4.74 Å². The minimum atomic E-state index is -0.870. The lowest BCUT2D eigenvalue weighted by Crippen LogP contribution is -2.12. The molecule has 0 bridgehead atoms. The van der Waals surface area contributed by atoms with Crippen molar-refractivity contribution in [1.82, 2.24) is 10.2 Å². The summed E-state index contributed by atoms with van der Waals surface area (Å²) in [6.07, 6.45) is 0. The molecule has 1 heterocycles. The second kappa shape index (κ2) is 7.09. The molecule has 0 aliphatic heterocycles. The Morgan fingerprint density at radius 3 is 2.38 bits per heavy atom. The maximum absolute atomic E-state index is 13.7. The largest absolute Gasteiger partial charge is 0.465 e. The third kappa shape index (κ3) is 3.56. The van der Waals surface area contributed by atoms with Gasteiger partial charge in [-0.2, -0.15) is 0 Å². The minimum absolute atomic E-state index is 0.0955. The van der Waals surface area contributed by atoms with Crippen molar-refractivity contribution in [1.29, 1.82) is 0 Å². The molecule has 9 heteroatoms. The molecule has 0 radical (unpaired) electrons. The summed E-state index contributed by atoms with van der Waals surface area (Å²) in [5.41, 5.74) is 0.420. The molecule has 0 aliphatic rings. The normalized spacial score (nSPS) is 10.4. The van der Waals surface area contributed by atoms with E-state index in [1.54, 1.807) is 0 Å². The molecule has 1 N–H and O–H groups in total. The van der Waals surface area contributed by atoms with Crippen LogP contribution in [0.1, 0.15) is 20.7 Å². The molecule has 3 aromatic rings. The number of methoxy groups -OCH3 is 1. The number of carbonyl (C=O) groups excluding carboxylic acids is 2. The van der Waals surface area contributed by atoms with E-state index in [0.29, 0.717) is 6.07 Å². The average Bonchev–Trinajstić information content (AvgIpc) is 3.09. The zero-order valence-corrected chi connectivity index (χ0v) is 13.3. The number of ether oxygens (including phenoxy) is 1. The predicted molar refractivity (Wildman–Crippen MR) is 85.4 cm³/mol. The van der Waals surface area contributed by atoms with Gasteiger partial charge >= 0.3 is 12.0 Å². The van der Waals surface area contributed by atoms with Gasteiger partial charge in [0.1, 0.15) is 11.6 Å². The van der Waals surface area contributed by atoms with E-state index >= 15 is 0 Å². The molecule has 0 fully saturated rings. The fourth-order valence-electron chi connectivity index (χ4n) is 2.09. The molecule has 2 aromatic carbocycles. The minimum Gasteiger partial charge on any atom is -0.465 e. The SMILES string of the molecule is COC(=O)c1ccc(C(=O)Nc2nnc(-c3ccc(F)cc3F)o2)cc1. The number of amides is 1. The van der Waals surface area contributed by atoms with Crippen molar-refractivity contribution in [2.24, 2.45) is 0 Å². The number of aromatic nitrogens is 2. The van der Waals surface area contributed by atoms with Crippen LogP contribution in [0.2, 0.25) is 0 Å². The highest BCUT2D eigenvalue weighted by atomic mass is 19.1. The molecule has 1 aromatic heterocycles. The van der Waals surface area contributed by atoms with Gasteiger partial charge in [-0.05, 0) is 36.4 Å². The smallest absolute Gasteiger partial charge is 0.337 e. The number of esters is 1. The van der Waals surface area contributed by atoms with Gasteiger partial charge in [0.15, 0.2) is 0 Å². The van der Waals surface area contributed by atoms with Gasteiger partial charge < -0.3 is 9.15 Å². The van der Waals surface area contributed by atoms with E-state index in [1.807, 2.05) is 0 Å². The lowest BCUT2D eigenvalue weighted by Gasteiger charge is -2.02. The number of halogens is 2. The van der Waals surface area contributed by atoms with Gasteiger partial charge in [0.25, 0.3) is 11.8 Å². The highest BCUT2D eigenvalue weighted by Crippen LogP contribution is 2.23. The first-order chi connectivity index (χ1) is 12.5. The number of hydrogen-bond donors (Lipinski definition) is 1. The quantitative estimate of drug-likeness (QED) is 0.720.